The Bertz CT molecular complexity index is 851. The molecule has 0 heterocycles. The fourth-order valence-electron chi connectivity index (χ4n) is 2.20. The molecule has 0 unspecified atom stereocenters. The van der Waals surface area contributed by atoms with Gasteiger partial charge in [0.05, 0.1) is 9.82 Å². The van der Waals surface area contributed by atoms with Crippen LogP contribution in [0.15, 0.2) is 47.4 Å². The first kappa shape index (κ1) is 18.7. The smallest absolute Gasteiger partial charge is 0.293 e. The monoisotopic (exact) mass is 364 g/mol. The lowest BCUT2D eigenvalue weighted by Gasteiger charge is -2.10. The summed E-state index contributed by atoms with van der Waals surface area (Å²) in [6.07, 6.45) is 1.03. The molecule has 0 aliphatic carbocycles. The number of sulfonamides is 1. The van der Waals surface area contributed by atoms with Crippen LogP contribution in [0.2, 0.25) is 0 Å². The zero-order valence-corrected chi connectivity index (χ0v) is 14.5. The summed E-state index contributed by atoms with van der Waals surface area (Å²) in [6, 6.07) is 11.2. The highest BCUT2D eigenvalue weighted by Gasteiger charge is 2.18. The number of nitrogens with one attached hydrogen (secondary N) is 2. The number of rotatable bonds is 8. The zero-order chi connectivity index (χ0) is 18.4. The number of nitro groups is 1. The largest absolute Gasteiger partial charge is 0.385 e. The normalized spacial score (nSPS) is 11.1. The summed E-state index contributed by atoms with van der Waals surface area (Å²) in [5.41, 5.74) is 1.83. The summed E-state index contributed by atoms with van der Waals surface area (Å²) >= 11 is 0. The van der Waals surface area contributed by atoms with Gasteiger partial charge in [-0.1, -0.05) is 19.1 Å². The number of benzene rings is 2. The first-order valence-corrected chi connectivity index (χ1v) is 9.24. The minimum Gasteiger partial charge on any atom is -0.385 e. The molecule has 0 aliphatic heterocycles. The van der Waals surface area contributed by atoms with E-state index in [-0.39, 0.29) is 16.3 Å². The van der Waals surface area contributed by atoms with Gasteiger partial charge < -0.3 is 10.6 Å². The minimum atomic E-state index is -3.99. The average Bonchev–Trinajstić information content (AvgIpc) is 2.58. The van der Waals surface area contributed by atoms with Gasteiger partial charge in [-0.15, -0.1) is 0 Å². The number of nitrogens with two attached hydrogens (primary N) is 1. The van der Waals surface area contributed by atoms with Crippen LogP contribution in [0.5, 0.6) is 0 Å². The van der Waals surface area contributed by atoms with Crippen LogP contribution in [-0.4, -0.2) is 19.9 Å². The van der Waals surface area contributed by atoms with E-state index in [1.54, 1.807) is 0 Å². The summed E-state index contributed by atoms with van der Waals surface area (Å²) in [5.74, 6) is 0. The Hall–Kier alpha value is -2.65. The van der Waals surface area contributed by atoms with Crippen molar-refractivity contribution in [1.82, 2.24) is 0 Å². The summed E-state index contributed by atoms with van der Waals surface area (Å²) in [6.45, 7) is 3.34. The maximum absolute atomic E-state index is 11.3. The number of nitro benzene ring substituents is 1. The molecule has 0 saturated carbocycles. The second-order valence-electron chi connectivity index (χ2n) is 5.46. The van der Waals surface area contributed by atoms with Crippen molar-refractivity contribution >= 4 is 27.1 Å². The van der Waals surface area contributed by atoms with E-state index in [1.165, 1.54) is 12.1 Å². The first-order valence-electron chi connectivity index (χ1n) is 7.69. The molecule has 134 valence electrons. The average molecular weight is 364 g/mol. The molecule has 0 fully saturated rings. The van der Waals surface area contributed by atoms with Crippen molar-refractivity contribution in [2.75, 3.05) is 17.2 Å². The molecule has 4 N–H and O–H groups in total. The van der Waals surface area contributed by atoms with Gasteiger partial charge in [-0.2, -0.15) is 0 Å². The highest BCUT2D eigenvalue weighted by atomic mass is 32.2. The molecule has 0 aliphatic rings. The van der Waals surface area contributed by atoms with Gasteiger partial charge in [0.2, 0.25) is 10.0 Å². The molecule has 0 radical (unpaired) electrons. The first-order chi connectivity index (χ1) is 11.8. The quantitative estimate of drug-likeness (QED) is 0.488. The predicted molar refractivity (Wildman–Crippen MR) is 97.0 cm³/mol. The van der Waals surface area contributed by atoms with Crippen molar-refractivity contribution in [3.63, 3.8) is 0 Å². The molecular weight excluding hydrogens is 344 g/mol. The number of anilines is 2. The molecular formula is C16H20N4O4S. The topological polar surface area (TPSA) is 127 Å². The second kappa shape index (κ2) is 7.95. The lowest BCUT2D eigenvalue weighted by molar-refractivity contribution is -0.384. The van der Waals surface area contributed by atoms with Gasteiger partial charge in [-0.25, -0.2) is 13.6 Å². The van der Waals surface area contributed by atoms with Gasteiger partial charge in [0.1, 0.15) is 5.69 Å². The Morgan fingerprint density at radius 1 is 1.12 bits per heavy atom. The highest BCUT2D eigenvalue weighted by molar-refractivity contribution is 7.89. The van der Waals surface area contributed by atoms with Gasteiger partial charge >= 0.3 is 0 Å². The molecule has 0 aromatic heterocycles. The molecule has 0 amide bonds. The van der Waals surface area contributed by atoms with Crippen molar-refractivity contribution < 1.29 is 13.3 Å². The highest BCUT2D eigenvalue weighted by Crippen LogP contribution is 2.27. The standard InChI is InChI=1S/C16H20N4O4S/c1-2-9-18-13-5-3-12(4-6-13)11-19-15-8-7-14(25(17,23)24)10-16(15)20(21)22/h3-8,10,18-19H,2,9,11H2,1H3,(H2,17,23,24). The van der Waals surface area contributed by atoms with Gasteiger partial charge in [0.25, 0.3) is 5.69 Å². The Morgan fingerprint density at radius 3 is 2.36 bits per heavy atom. The van der Waals surface area contributed by atoms with Crippen LogP contribution in [0, 0.1) is 10.1 Å². The van der Waals surface area contributed by atoms with Crippen molar-refractivity contribution in [3.8, 4) is 0 Å². The fraction of sp³-hybridized carbons (Fsp3) is 0.250. The third-order valence-electron chi connectivity index (χ3n) is 3.51. The van der Waals surface area contributed by atoms with Gasteiger partial charge in [0, 0.05) is 24.8 Å². The maximum atomic E-state index is 11.3. The lowest BCUT2D eigenvalue weighted by Crippen LogP contribution is -2.13. The van der Waals surface area contributed by atoms with Crippen LogP contribution in [0.25, 0.3) is 0 Å². The van der Waals surface area contributed by atoms with Crippen molar-refractivity contribution in [3.05, 3.63) is 58.1 Å². The van der Waals surface area contributed by atoms with E-state index >= 15 is 0 Å². The van der Waals surface area contributed by atoms with Gasteiger partial charge in [-0.05, 0) is 36.2 Å². The van der Waals surface area contributed by atoms with E-state index < -0.39 is 14.9 Å². The number of nitrogens with zero attached hydrogens (tertiary/aromatic N) is 1. The molecule has 0 atom stereocenters. The second-order valence-corrected chi connectivity index (χ2v) is 7.02. The van der Waals surface area contributed by atoms with Crippen molar-refractivity contribution in [2.45, 2.75) is 24.8 Å². The Balaban J connectivity index is 2.13. The molecule has 9 heteroatoms. The van der Waals surface area contributed by atoms with Crippen LogP contribution < -0.4 is 15.8 Å². The number of primary sulfonamides is 1. The number of hydrogen-bond acceptors (Lipinski definition) is 6. The molecule has 8 nitrogen and oxygen atoms in total. The van der Waals surface area contributed by atoms with E-state index in [0.717, 1.165) is 30.3 Å². The van der Waals surface area contributed by atoms with Crippen molar-refractivity contribution in [1.29, 1.82) is 0 Å². The Kier molecular flexibility index (Phi) is 5.94. The molecule has 2 rings (SSSR count). The van der Waals surface area contributed by atoms with Crippen LogP contribution in [0.4, 0.5) is 17.1 Å². The van der Waals surface area contributed by atoms with Crippen molar-refractivity contribution in [2.24, 2.45) is 5.14 Å². The van der Waals surface area contributed by atoms with Crippen LogP contribution in [-0.2, 0) is 16.6 Å². The molecule has 2 aromatic carbocycles. The maximum Gasteiger partial charge on any atom is 0.293 e. The zero-order valence-electron chi connectivity index (χ0n) is 13.7. The van der Waals surface area contributed by atoms with E-state index in [4.69, 9.17) is 5.14 Å². The molecule has 2 aromatic rings. The van der Waals surface area contributed by atoms with Gasteiger partial charge in [-0.3, -0.25) is 10.1 Å². The molecule has 0 spiro atoms. The summed E-state index contributed by atoms with van der Waals surface area (Å²) in [5, 5.41) is 22.4. The summed E-state index contributed by atoms with van der Waals surface area (Å²) in [4.78, 5) is 10.2. The SMILES string of the molecule is CCCNc1ccc(CNc2ccc(S(N)(=O)=O)cc2[N+](=O)[O-])cc1. The van der Waals surface area contributed by atoms with E-state index in [1.807, 2.05) is 24.3 Å². The van der Waals surface area contributed by atoms with E-state index in [2.05, 4.69) is 17.6 Å². The van der Waals surface area contributed by atoms with Gasteiger partial charge in [0.15, 0.2) is 0 Å². The third kappa shape index (κ3) is 5.16. The third-order valence-corrected chi connectivity index (χ3v) is 4.42. The van der Waals surface area contributed by atoms with E-state index in [0.29, 0.717) is 6.54 Å². The Labute approximate surface area is 146 Å². The molecule has 25 heavy (non-hydrogen) atoms. The summed E-state index contributed by atoms with van der Waals surface area (Å²) < 4.78 is 22.7. The Morgan fingerprint density at radius 2 is 1.80 bits per heavy atom. The lowest BCUT2D eigenvalue weighted by atomic mass is 10.2. The van der Waals surface area contributed by atoms with Crippen LogP contribution in [0.1, 0.15) is 18.9 Å². The molecule has 0 bridgehead atoms. The molecule has 0 saturated heterocycles. The number of hydrogen-bond donors (Lipinski definition) is 3. The fourth-order valence-corrected chi connectivity index (χ4v) is 2.73. The van der Waals surface area contributed by atoms with Crippen LogP contribution in [0.3, 0.4) is 0 Å². The van der Waals surface area contributed by atoms with Crippen LogP contribution >= 0.6 is 0 Å². The van der Waals surface area contributed by atoms with E-state index in [9.17, 15) is 18.5 Å². The predicted octanol–water partition coefficient (Wildman–Crippen LogP) is 2.68. The minimum absolute atomic E-state index is 0.227. The summed E-state index contributed by atoms with van der Waals surface area (Å²) in [7, 11) is -3.99.